The van der Waals surface area contributed by atoms with E-state index < -0.39 is 0 Å². The van der Waals surface area contributed by atoms with Crippen molar-refractivity contribution in [2.24, 2.45) is 0 Å². The van der Waals surface area contributed by atoms with E-state index >= 15 is 0 Å². The second kappa shape index (κ2) is 6.73. The molecule has 0 fully saturated rings. The van der Waals surface area contributed by atoms with Gasteiger partial charge in [0.25, 0.3) is 0 Å². The van der Waals surface area contributed by atoms with Gasteiger partial charge in [-0.1, -0.05) is 37.1 Å². The highest BCUT2D eigenvalue weighted by atomic mass is 32.2. The number of rotatable bonds is 5. The van der Waals surface area contributed by atoms with Gasteiger partial charge in [-0.3, -0.25) is 0 Å². The summed E-state index contributed by atoms with van der Waals surface area (Å²) in [6.07, 6.45) is 4.69. The van der Waals surface area contributed by atoms with Gasteiger partial charge in [-0.05, 0) is 38.0 Å². The zero-order valence-corrected chi connectivity index (χ0v) is 10.7. The Morgan fingerprint density at radius 3 is 2.80 bits per heavy atom. The predicted molar refractivity (Wildman–Crippen MR) is 70.6 cm³/mol. The van der Waals surface area contributed by atoms with Gasteiger partial charge >= 0.3 is 0 Å². The summed E-state index contributed by atoms with van der Waals surface area (Å²) < 4.78 is 0. The highest BCUT2D eigenvalue weighted by molar-refractivity contribution is 7.99. The van der Waals surface area contributed by atoms with E-state index in [0.717, 1.165) is 5.75 Å². The van der Waals surface area contributed by atoms with Crippen LogP contribution in [0.15, 0.2) is 40.8 Å². The van der Waals surface area contributed by atoms with Gasteiger partial charge in [-0.2, -0.15) is 0 Å². The maximum atomic E-state index is 2.31. The van der Waals surface area contributed by atoms with Gasteiger partial charge in [0, 0.05) is 10.6 Å². The maximum absolute atomic E-state index is 2.31. The molecule has 0 atom stereocenters. The lowest BCUT2D eigenvalue weighted by Gasteiger charge is -2.02. The standard InChI is InChI=1S/C14H20S/c1-4-6-13-7-5-8-14(11-13)15-10-9-12(2)3/h5,7-9,11H,4,6,10H2,1-3H3. The lowest BCUT2D eigenvalue weighted by atomic mass is 10.1. The van der Waals surface area contributed by atoms with Crippen LogP contribution < -0.4 is 0 Å². The van der Waals surface area contributed by atoms with E-state index in [1.165, 1.54) is 28.9 Å². The van der Waals surface area contributed by atoms with Crippen LogP contribution in [0.1, 0.15) is 32.8 Å². The molecular weight excluding hydrogens is 200 g/mol. The van der Waals surface area contributed by atoms with Crippen LogP contribution in [0.25, 0.3) is 0 Å². The normalized spacial score (nSPS) is 10.1. The van der Waals surface area contributed by atoms with Crippen LogP contribution in [-0.4, -0.2) is 5.75 Å². The minimum atomic E-state index is 1.08. The van der Waals surface area contributed by atoms with Crippen molar-refractivity contribution in [2.75, 3.05) is 5.75 Å². The van der Waals surface area contributed by atoms with Gasteiger partial charge in [0.05, 0.1) is 0 Å². The molecule has 1 heteroatoms. The zero-order chi connectivity index (χ0) is 11.1. The van der Waals surface area contributed by atoms with Crippen LogP contribution in [0.3, 0.4) is 0 Å². The van der Waals surface area contributed by atoms with Crippen molar-refractivity contribution in [1.29, 1.82) is 0 Å². The summed E-state index contributed by atoms with van der Waals surface area (Å²) in [7, 11) is 0. The largest absolute Gasteiger partial charge is 0.122 e. The molecule has 0 unspecified atom stereocenters. The Bertz CT molecular complexity index is 322. The molecule has 1 rings (SSSR count). The number of hydrogen-bond acceptors (Lipinski definition) is 1. The molecule has 0 aliphatic heterocycles. The summed E-state index contributed by atoms with van der Waals surface area (Å²) >= 11 is 1.91. The van der Waals surface area contributed by atoms with Crippen molar-refractivity contribution in [3.05, 3.63) is 41.5 Å². The van der Waals surface area contributed by atoms with Crippen molar-refractivity contribution in [1.82, 2.24) is 0 Å². The van der Waals surface area contributed by atoms with Crippen molar-refractivity contribution >= 4 is 11.8 Å². The van der Waals surface area contributed by atoms with Crippen molar-refractivity contribution < 1.29 is 0 Å². The quantitative estimate of drug-likeness (QED) is 0.512. The maximum Gasteiger partial charge on any atom is 0.0163 e. The third kappa shape index (κ3) is 5.08. The molecule has 1 aromatic carbocycles. The lowest BCUT2D eigenvalue weighted by Crippen LogP contribution is -1.83. The molecule has 0 saturated carbocycles. The highest BCUT2D eigenvalue weighted by Crippen LogP contribution is 2.20. The Morgan fingerprint density at radius 1 is 1.33 bits per heavy atom. The Labute approximate surface area is 97.8 Å². The summed E-state index contributed by atoms with van der Waals surface area (Å²) in [6.45, 7) is 6.52. The Morgan fingerprint density at radius 2 is 2.13 bits per heavy atom. The first-order chi connectivity index (χ1) is 7.22. The van der Waals surface area contributed by atoms with Crippen LogP contribution in [-0.2, 0) is 6.42 Å². The van der Waals surface area contributed by atoms with Crippen LogP contribution in [0, 0.1) is 0 Å². The Kier molecular flexibility index (Phi) is 5.56. The molecule has 0 heterocycles. The van der Waals surface area contributed by atoms with E-state index in [2.05, 4.69) is 51.1 Å². The molecule has 1 aromatic rings. The van der Waals surface area contributed by atoms with Gasteiger partial charge < -0.3 is 0 Å². The fourth-order valence-electron chi connectivity index (χ4n) is 1.38. The molecule has 0 amide bonds. The molecule has 0 aliphatic rings. The van der Waals surface area contributed by atoms with Crippen LogP contribution in [0.2, 0.25) is 0 Å². The second-order valence-corrected chi connectivity index (χ2v) is 5.08. The summed E-state index contributed by atoms with van der Waals surface area (Å²) in [5, 5.41) is 0. The smallest absolute Gasteiger partial charge is 0.0163 e. The third-order valence-electron chi connectivity index (χ3n) is 2.18. The number of hydrogen-bond donors (Lipinski definition) is 0. The zero-order valence-electron chi connectivity index (χ0n) is 9.92. The van der Waals surface area contributed by atoms with Crippen LogP contribution >= 0.6 is 11.8 Å². The van der Waals surface area contributed by atoms with E-state index in [0.29, 0.717) is 0 Å². The fourth-order valence-corrected chi connectivity index (χ4v) is 2.40. The molecule has 0 radical (unpaired) electrons. The van der Waals surface area contributed by atoms with Gasteiger partial charge in [0.15, 0.2) is 0 Å². The molecular formula is C14H20S. The summed E-state index contributed by atoms with van der Waals surface area (Å²) in [5.41, 5.74) is 2.85. The summed E-state index contributed by atoms with van der Waals surface area (Å²) in [5.74, 6) is 1.08. The first-order valence-corrected chi connectivity index (χ1v) is 6.56. The SMILES string of the molecule is CCCc1cccc(SCC=C(C)C)c1. The topological polar surface area (TPSA) is 0 Å². The van der Waals surface area contributed by atoms with Crippen molar-refractivity contribution in [3.63, 3.8) is 0 Å². The van der Waals surface area contributed by atoms with Crippen molar-refractivity contribution in [2.45, 2.75) is 38.5 Å². The molecule has 0 N–H and O–H groups in total. The van der Waals surface area contributed by atoms with Gasteiger partial charge in [-0.25, -0.2) is 0 Å². The third-order valence-corrected chi connectivity index (χ3v) is 3.10. The molecule has 0 aliphatic carbocycles. The fraction of sp³-hybridized carbons (Fsp3) is 0.429. The number of allylic oxidation sites excluding steroid dienone is 1. The van der Waals surface area contributed by atoms with Gasteiger partial charge in [0.2, 0.25) is 0 Å². The summed E-state index contributed by atoms with van der Waals surface area (Å²) in [6, 6.07) is 8.89. The predicted octanol–water partition coefficient (Wildman–Crippen LogP) is 4.70. The molecule has 15 heavy (non-hydrogen) atoms. The monoisotopic (exact) mass is 220 g/mol. The van der Waals surface area contributed by atoms with Crippen LogP contribution in [0.4, 0.5) is 0 Å². The average molecular weight is 220 g/mol. The van der Waals surface area contributed by atoms with E-state index in [1.807, 2.05) is 11.8 Å². The molecule has 0 aromatic heterocycles. The molecule has 0 bridgehead atoms. The van der Waals surface area contributed by atoms with E-state index in [4.69, 9.17) is 0 Å². The second-order valence-electron chi connectivity index (χ2n) is 3.99. The van der Waals surface area contributed by atoms with Gasteiger partial charge in [-0.15, -0.1) is 11.8 Å². The Hall–Kier alpha value is -0.690. The lowest BCUT2D eigenvalue weighted by molar-refractivity contribution is 0.918. The number of thioether (sulfide) groups is 1. The van der Waals surface area contributed by atoms with E-state index in [1.54, 1.807) is 0 Å². The molecule has 0 spiro atoms. The summed E-state index contributed by atoms with van der Waals surface area (Å²) in [4.78, 5) is 1.39. The number of benzene rings is 1. The Balaban J connectivity index is 2.53. The average Bonchev–Trinajstić information content (AvgIpc) is 2.18. The first kappa shape index (κ1) is 12.4. The molecule has 0 saturated heterocycles. The first-order valence-electron chi connectivity index (χ1n) is 5.57. The minimum Gasteiger partial charge on any atom is -0.122 e. The van der Waals surface area contributed by atoms with Crippen molar-refractivity contribution in [3.8, 4) is 0 Å². The molecule has 82 valence electrons. The minimum absolute atomic E-state index is 1.08. The van der Waals surface area contributed by atoms with E-state index in [-0.39, 0.29) is 0 Å². The molecule has 0 nitrogen and oxygen atoms in total. The highest BCUT2D eigenvalue weighted by Gasteiger charge is 1.95. The van der Waals surface area contributed by atoms with Gasteiger partial charge in [0.1, 0.15) is 0 Å². The van der Waals surface area contributed by atoms with Crippen LogP contribution in [0.5, 0.6) is 0 Å². The number of aryl methyl sites for hydroxylation is 1. The van der Waals surface area contributed by atoms with E-state index in [9.17, 15) is 0 Å².